The van der Waals surface area contributed by atoms with Crippen LogP contribution in [0.4, 0.5) is 9.18 Å². The Morgan fingerprint density at radius 1 is 1.00 bits per heavy atom. The number of piperidine rings is 1. The minimum Gasteiger partial charge on any atom is -0.465 e. The summed E-state index contributed by atoms with van der Waals surface area (Å²) >= 11 is 0. The molecule has 41 heavy (non-hydrogen) atoms. The highest BCUT2D eigenvalue weighted by atomic mass is 19.1. The highest BCUT2D eigenvalue weighted by Gasteiger charge is 2.42. The lowest BCUT2D eigenvalue weighted by Gasteiger charge is -2.43. The molecule has 3 aromatic carbocycles. The number of amides is 2. The molecule has 2 atom stereocenters. The first-order valence-electron chi connectivity index (χ1n) is 14.4. The van der Waals surface area contributed by atoms with Gasteiger partial charge < -0.3 is 20.2 Å². The maximum atomic E-state index is 12.5. The van der Waals surface area contributed by atoms with Crippen molar-refractivity contribution in [3.63, 3.8) is 0 Å². The van der Waals surface area contributed by atoms with Crippen LogP contribution in [0.25, 0.3) is 0 Å². The van der Waals surface area contributed by atoms with Crippen molar-refractivity contribution in [2.45, 2.75) is 58.0 Å². The van der Waals surface area contributed by atoms with Gasteiger partial charge in [0.05, 0.1) is 5.54 Å². The molecule has 1 heterocycles. The molecule has 7 heteroatoms. The Morgan fingerprint density at radius 2 is 1.66 bits per heavy atom. The second kappa shape index (κ2) is 13.3. The lowest BCUT2D eigenvalue weighted by atomic mass is 9.80. The fourth-order valence-electron chi connectivity index (χ4n) is 5.81. The van der Waals surface area contributed by atoms with Crippen LogP contribution in [0.15, 0.2) is 72.8 Å². The summed E-state index contributed by atoms with van der Waals surface area (Å²) in [6.07, 6.45) is 2.29. The third-order valence-electron chi connectivity index (χ3n) is 8.49. The molecule has 2 amide bonds. The van der Waals surface area contributed by atoms with E-state index < -0.39 is 6.09 Å². The van der Waals surface area contributed by atoms with E-state index >= 15 is 0 Å². The van der Waals surface area contributed by atoms with Crippen molar-refractivity contribution in [1.82, 2.24) is 15.1 Å². The summed E-state index contributed by atoms with van der Waals surface area (Å²) < 4.78 is 12.5. The van der Waals surface area contributed by atoms with E-state index in [-0.39, 0.29) is 23.8 Å². The maximum absolute atomic E-state index is 12.5. The third-order valence-corrected chi connectivity index (χ3v) is 8.49. The molecule has 0 spiro atoms. The molecule has 3 aromatic rings. The van der Waals surface area contributed by atoms with Crippen LogP contribution in [0, 0.1) is 25.6 Å². The summed E-state index contributed by atoms with van der Waals surface area (Å²) in [6, 6.07) is 23.2. The zero-order valence-corrected chi connectivity index (χ0v) is 24.6. The van der Waals surface area contributed by atoms with E-state index in [1.165, 1.54) is 54.4 Å². The number of carbonyl (C=O) groups is 2. The molecular weight excluding hydrogens is 517 g/mol. The normalized spacial score (nSPS) is 19.4. The van der Waals surface area contributed by atoms with Crippen LogP contribution >= 0.6 is 0 Å². The second-order valence-corrected chi connectivity index (χ2v) is 11.6. The molecular formula is C34H42FN3O3. The van der Waals surface area contributed by atoms with Gasteiger partial charge in [-0.25, -0.2) is 9.18 Å². The van der Waals surface area contributed by atoms with Crippen molar-refractivity contribution in [2.24, 2.45) is 5.92 Å². The smallest absolute Gasteiger partial charge is 0.407 e. The van der Waals surface area contributed by atoms with Crippen LogP contribution in [0.3, 0.4) is 0 Å². The van der Waals surface area contributed by atoms with Gasteiger partial charge in [0, 0.05) is 40.2 Å². The van der Waals surface area contributed by atoms with Gasteiger partial charge in [0.1, 0.15) is 5.82 Å². The first kappa shape index (κ1) is 30.3. The molecule has 1 saturated heterocycles. The van der Waals surface area contributed by atoms with E-state index in [0.29, 0.717) is 0 Å². The zero-order valence-electron chi connectivity index (χ0n) is 24.6. The molecule has 0 unspecified atom stereocenters. The van der Waals surface area contributed by atoms with Crippen molar-refractivity contribution in [1.29, 1.82) is 0 Å². The quantitative estimate of drug-likeness (QED) is 0.348. The topological polar surface area (TPSA) is 72.9 Å². The monoisotopic (exact) mass is 559 g/mol. The Morgan fingerprint density at radius 3 is 2.24 bits per heavy atom. The molecule has 2 fully saturated rings. The molecule has 0 radical (unpaired) electrons. The number of rotatable bonds is 7. The van der Waals surface area contributed by atoms with E-state index in [2.05, 4.69) is 66.5 Å². The highest BCUT2D eigenvalue weighted by Crippen LogP contribution is 2.48. The van der Waals surface area contributed by atoms with Gasteiger partial charge in [0.25, 0.3) is 0 Å². The van der Waals surface area contributed by atoms with Gasteiger partial charge >= 0.3 is 6.09 Å². The van der Waals surface area contributed by atoms with E-state index in [1.54, 1.807) is 19.1 Å². The first-order chi connectivity index (χ1) is 19.6. The molecule has 5 rings (SSSR count). The molecule has 0 aromatic heterocycles. The van der Waals surface area contributed by atoms with Crippen molar-refractivity contribution in [3.05, 3.63) is 106 Å². The Balaban J connectivity index is 0.000000251. The average Bonchev–Trinajstić information content (AvgIpc) is 3.72. The number of halogens is 1. The average molecular weight is 560 g/mol. The number of carbonyl (C=O) groups excluding carboxylic acids is 1. The van der Waals surface area contributed by atoms with E-state index in [1.807, 2.05) is 6.07 Å². The predicted molar refractivity (Wildman–Crippen MR) is 160 cm³/mol. The van der Waals surface area contributed by atoms with Crippen LogP contribution in [0.1, 0.15) is 59.9 Å². The van der Waals surface area contributed by atoms with Crippen LogP contribution < -0.4 is 5.32 Å². The number of likely N-dealkylation sites (tertiary alicyclic amines) is 1. The van der Waals surface area contributed by atoms with Crippen molar-refractivity contribution in [2.75, 3.05) is 26.7 Å². The molecule has 6 nitrogen and oxygen atoms in total. The largest absolute Gasteiger partial charge is 0.465 e. The van der Waals surface area contributed by atoms with Crippen molar-refractivity contribution < 1.29 is 19.1 Å². The lowest BCUT2D eigenvalue weighted by Crippen LogP contribution is -2.52. The highest BCUT2D eigenvalue weighted by molar-refractivity contribution is 5.74. The summed E-state index contributed by atoms with van der Waals surface area (Å²) in [5.41, 5.74) is 6.11. The number of hydrogen-bond donors (Lipinski definition) is 2. The van der Waals surface area contributed by atoms with Gasteiger partial charge in [0.2, 0.25) is 5.91 Å². The van der Waals surface area contributed by atoms with Crippen LogP contribution in [-0.4, -0.2) is 53.6 Å². The van der Waals surface area contributed by atoms with Crippen LogP contribution in [0.2, 0.25) is 0 Å². The zero-order chi connectivity index (χ0) is 29.6. The van der Waals surface area contributed by atoms with Crippen molar-refractivity contribution >= 4 is 12.0 Å². The summed E-state index contributed by atoms with van der Waals surface area (Å²) in [6.45, 7) is 9.58. The summed E-state index contributed by atoms with van der Waals surface area (Å²) in [5, 5.41) is 11.8. The van der Waals surface area contributed by atoms with Gasteiger partial charge in [-0.1, -0.05) is 60.7 Å². The minimum absolute atomic E-state index is 0.0642. The van der Waals surface area contributed by atoms with E-state index in [4.69, 9.17) is 5.11 Å². The van der Waals surface area contributed by atoms with Crippen LogP contribution in [-0.2, 0) is 16.9 Å². The Bertz CT molecular complexity index is 1320. The summed E-state index contributed by atoms with van der Waals surface area (Å²) in [5.74, 6) is 1.26. The first-order valence-corrected chi connectivity index (χ1v) is 14.4. The number of nitrogens with one attached hydrogen (secondary N) is 1. The van der Waals surface area contributed by atoms with E-state index in [9.17, 15) is 14.0 Å². The lowest BCUT2D eigenvalue weighted by molar-refractivity contribution is -0.121. The third kappa shape index (κ3) is 8.17. The molecule has 218 valence electrons. The predicted octanol–water partition coefficient (Wildman–Crippen LogP) is 6.47. The van der Waals surface area contributed by atoms with Gasteiger partial charge in [-0.05, 0) is 84.9 Å². The molecule has 1 aliphatic heterocycles. The van der Waals surface area contributed by atoms with Gasteiger partial charge in [0.15, 0.2) is 0 Å². The summed E-state index contributed by atoms with van der Waals surface area (Å²) in [7, 11) is 1.46. The fourth-order valence-corrected chi connectivity index (χ4v) is 5.81. The fraction of sp³-hybridized carbons (Fsp3) is 0.412. The molecule has 1 saturated carbocycles. The number of benzene rings is 3. The van der Waals surface area contributed by atoms with Gasteiger partial charge in [-0.3, -0.25) is 4.79 Å². The Hall–Kier alpha value is -3.71. The number of carboxylic acid groups (broad SMARTS) is 1. The van der Waals surface area contributed by atoms with E-state index in [0.717, 1.165) is 48.2 Å². The molecule has 1 aliphatic carbocycles. The SMILES string of the molecule is CC(=O)NC1(c2ccccc2)CCN(C[C@@H]2C[C@@H]2c2ccc(C)c(C)c2)CC1.CN(Cc1ccc(F)cc1)C(=O)O. The van der Waals surface area contributed by atoms with Crippen molar-refractivity contribution in [3.8, 4) is 0 Å². The second-order valence-electron chi connectivity index (χ2n) is 11.6. The maximum Gasteiger partial charge on any atom is 0.407 e. The molecule has 0 bridgehead atoms. The summed E-state index contributed by atoms with van der Waals surface area (Å²) in [4.78, 5) is 26.0. The minimum atomic E-state index is -0.996. The van der Waals surface area contributed by atoms with Gasteiger partial charge in [-0.2, -0.15) is 0 Å². The molecule has 2 aliphatic rings. The number of hydrogen-bond acceptors (Lipinski definition) is 3. The Kier molecular flexibility index (Phi) is 9.81. The molecule has 2 N–H and O–H groups in total. The van der Waals surface area contributed by atoms with Crippen LogP contribution in [0.5, 0.6) is 0 Å². The number of nitrogens with zero attached hydrogens (tertiary/aromatic N) is 2. The van der Waals surface area contributed by atoms with Gasteiger partial charge in [-0.15, -0.1) is 0 Å². The number of aryl methyl sites for hydroxylation is 2. The Labute approximate surface area is 243 Å². The standard InChI is InChI=1S/C25H32N2O.C9H10FNO2/c1-18-9-10-21(15-19(18)2)24-16-22(24)17-27-13-11-25(12-14-27,26-20(3)28)23-7-5-4-6-8-23;1-11(9(12)13)6-7-2-4-8(10)5-3-7/h4-10,15,22,24H,11-14,16-17H2,1-3H3,(H,26,28);2-5H,6H2,1H3,(H,12,13)/t22-,24+;/m0./s1.